The van der Waals surface area contributed by atoms with E-state index in [4.69, 9.17) is 39.8 Å². The molecule has 1 saturated heterocycles. The third kappa shape index (κ3) is 5.46. The highest BCUT2D eigenvalue weighted by atomic mass is 35.5. The Morgan fingerprint density at radius 3 is 2.65 bits per heavy atom. The zero-order chi connectivity index (χ0) is 25.9. The molecule has 3 heterocycles. The van der Waals surface area contributed by atoms with E-state index in [1.54, 1.807) is 30.5 Å². The van der Waals surface area contributed by atoms with Gasteiger partial charge in [0.2, 0.25) is 5.91 Å². The number of amides is 1. The lowest BCUT2D eigenvalue weighted by molar-refractivity contribution is -0.116. The smallest absolute Gasteiger partial charge is 0.226 e. The highest BCUT2D eigenvalue weighted by Gasteiger charge is 2.41. The fraction of sp³-hybridized carbons (Fsp3) is 0.148. The molecule has 0 unspecified atom stereocenters. The van der Waals surface area contributed by atoms with Crippen LogP contribution < -0.4 is 10.6 Å². The van der Waals surface area contributed by atoms with Gasteiger partial charge in [-0.25, -0.2) is 4.39 Å². The summed E-state index contributed by atoms with van der Waals surface area (Å²) in [6.07, 6.45) is 1.80. The van der Waals surface area contributed by atoms with Crippen molar-refractivity contribution in [3.05, 3.63) is 106 Å². The third-order valence-corrected chi connectivity index (χ3v) is 7.14. The van der Waals surface area contributed by atoms with Crippen LogP contribution in [0.4, 0.5) is 10.1 Å². The van der Waals surface area contributed by atoms with E-state index in [-0.39, 0.29) is 36.6 Å². The summed E-state index contributed by atoms with van der Waals surface area (Å²) in [5.41, 5.74) is 1.69. The third-order valence-electron chi connectivity index (χ3n) is 6.05. The molecule has 2 aromatic heterocycles. The molecule has 0 bridgehead atoms. The number of thiocarbonyl (C=S) groups is 1. The van der Waals surface area contributed by atoms with Crippen LogP contribution in [0.2, 0.25) is 10.0 Å². The van der Waals surface area contributed by atoms with Crippen LogP contribution in [0, 0.1) is 5.82 Å². The van der Waals surface area contributed by atoms with Gasteiger partial charge in [-0.3, -0.25) is 9.78 Å². The molecule has 2 aromatic carbocycles. The number of nitrogens with one attached hydrogen (secondary N) is 2. The van der Waals surface area contributed by atoms with Crippen molar-refractivity contribution in [2.75, 3.05) is 11.9 Å². The molecular formula is C27H21Cl2FN4O2S. The topological polar surface area (TPSA) is 70.4 Å². The highest BCUT2D eigenvalue weighted by molar-refractivity contribution is 7.80. The van der Waals surface area contributed by atoms with Crippen molar-refractivity contribution in [2.45, 2.75) is 18.5 Å². The number of carbonyl (C=O) groups excluding carboxylic acids is 1. The number of hydrogen-bond acceptors (Lipinski definition) is 4. The second-order valence-electron chi connectivity index (χ2n) is 8.43. The zero-order valence-electron chi connectivity index (χ0n) is 19.3. The first-order chi connectivity index (χ1) is 17.9. The number of furan rings is 1. The Labute approximate surface area is 228 Å². The Balaban J connectivity index is 1.41. The largest absolute Gasteiger partial charge is 0.459 e. The molecule has 37 heavy (non-hydrogen) atoms. The molecule has 0 aliphatic carbocycles. The standard InChI is InChI=1S/C27H21Cl2FN4O2S/c28-17-9-8-16(15-18(17)29)22-10-11-23(36-22)26-25(21-7-3-4-13-31-21)33-27(37)34(26)14-12-24(35)32-20-6-2-1-5-19(20)30/h1-11,13,15,25-26H,12,14H2,(H,32,35)(H,33,37)/t25-,26-/m0/s1. The Morgan fingerprint density at radius 2 is 1.89 bits per heavy atom. The average Bonchev–Trinajstić information content (AvgIpc) is 3.51. The predicted molar refractivity (Wildman–Crippen MR) is 146 cm³/mol. The number of aromatic nitrogens is 1. The Kier molecular flexibility index (Phi) is 7.41. The number of halogens is 3. The molecule has 4 aromatic rings. The minimum Gasteiger partial charge on any atom is -0.459 e. The van der Waals surface area contributed by atoms with E-state index in [9.17, 15) is 9.18 Å². The Hall–Kier alpha value is -3.46. The Morgan fingerprint density at radius 1 is 1.08 bits per heavy atom. The van der Waals surface area contributed by atoms with Crippen LogP contribution in [0.25, 0.3) is 11.3 Å². The molecule has 1 amide bonds. The van der Waals surface area contributed by atoms with E-state index in [2.05, 4.69) is 15.6 Å². The van der Waals surface area contributed by atoms with E-state index in [0.29, 0.717) is 26.7 Å². The summed E-state index contributed by atoms with van der Waals surface area (Å²) in [7, 11) is 0. The van der Waals surface area contributed by atoms with Crippen molar-refractivity contribution in [3.8, 4) is 11.3 Å². The maximum absolute atomic E-state index is 14.0. The van der Waals surface area contributed by atoms with Crippen LogP contribution in [0.5, 0.6) is 0 Å². The SMILES string of the molecule is O=C(CCN1C(=S)N[C@@H](c2ccccn2)[C@@H]1c1ccc(-c2ccc(Cl)c(Cl)c2)o1)Nc1ccccc1F. The first kappa shape index (κ1) is 25.2. The molecule has 1 aliphatic heterocycles. The molecule has 2 atom stereocenters. The molecule has 1 fully saturated rings. The number of para-hydroxylation sites is 1. The van der Waals surface area contributed by atoms with Crippen molar-refractivity contribution in [1.29, 1.82) is 0 Å². The van der Waals surface area contributed by atoms with E-state index >= 15 is 0 Å². The second kappa shape index (κ2) is 10.9. The van der Waals surface area contributed by atoms with Crippen LogP contribution in [0.1, 0.15) is 30.0 Å². The molecular weight excluding hydrogens is 534 g/mol. The summed E-state index contributed by atoms with van der Waals surface area (Å²) in [6, 6.07) is 20.0. The summed E-state index contributed by atoms with van der Waals surface area (Å²) in [4.78, 5) is 19.0. The van der Waals surface area contributed by atoms with Gasteiger partial charge in [0.25, 0.3) is 0 Å². The van der Waals surface area contributed by atoms with E-state index in [0.717, 1.165) is 11.3 Å². The van der Waals surface area contributed by atoms with Gasteiger partial charge >= 0.3 is 0 Å². The van der Waals surface area contributed by atoms with Gasteiger partial charge in [-0.15, -0.1) is 0 Å². The summed E-state index contributed by atoms with van der Waals surface area (Å²) in [6.45, 7) is 0.281. The van der Waals surface area contributed by atoms with Gasteiger partial charge in [-0.2, -0.15) is 0 Å². The van der Waals surface area contributed by atoms with E-state index < -0.39 is 5.82 Å². The minimum atomic E-state index is -0.493. The highest BCUT2D eigenvalue weighted by Crippen LogP contribution is 2.41. The van der Waals surface area contributed by atoms with Crippen molar-refractivity contribution in [3.63, 3.8) is 0 Å². The summed E-state index contributed by atoms with van der Waals surface area (Å²) in [5, 5.41) is 7.29. The molecule has 188 valence electrons. The van der Waals surface area contributed by atoms with Gasteiger partial charge in [-0.05, 0) is 66.8 Å². The number of pyridine rings is 1. The van der Waals surface area contributed by atoms with Crippen molar-refractivity contribution < 1.29 is 13.6 Å². The maximum Gasteiger partial charge on any atom is 0.226 e. The molecule has 5 rings (SSSR count). The molecule has 0 saturated carbocycles. The Bertz CT molecular complexity index is 1450. The van der Waals surface area contributed by atoms with E-state index in [1.807, 2.05) is 41.3 Å². The maximum atomic E-state index is 14.0. The molecule has 0 radical (unpaired) electrons. The van der Waals surface area contributed by atoms with E-state index in [1.165, 1.54) is 12.1 Å². The van der Waals surface area contributed by atoms with Crippen LogP contribution in [0.15, 0.2) is 83.4 Å². The number of nitrogens with zero attached hydrogens (tertiary/aromatic N) is 2. The van der Waals surface area contributed by atoms with Crippen LogP contribution in [-0.2, 0) is 4.79 Å². The van der Waals surface area contributed by atoms with Gasteiger partial charge in [-0.1, -0.05) is 41.4 Å². The molecule has 6 nitrogen and oxygen atoms in total. The molecule has 10 heteroatoms. The first-order valence-corrected chi connectivity index (χ1v) is 12.6. The van der Waals surface area contributed by atoms with Gasteiger partial charge in [0.15, 0.2) is 5.11 Å². The van der Waals surface area contributed by atoms with Crippen LogP contribution >= 0.6 is 35.4 Å². The predicted octanol–water partition coefficient (Wildman–Crippen LogP) is 6.79. The van der Waals surface area contributed by atoms with Gasteiger partial charge < -0.3 is 20.0 Å². The van der Waals surface area contributed by atoms with Gasteiger partial charge in [0.05, 0.1) is 27.5 Å². The summed E-state index contributed by atoms with van der Waals surface area (Å²) in [5.74, 6) is 0.429. The first-order valence-electron chi connectivity index (χ1n) is 11.5. The van der Waals surface area contributed by atoms with Crippen molar-refractivity contribution in [2.24, 2.45) is 0 Å². The fourth-order valence-electron chi connectivity index (χ4n) is 4.27. The molecule has 1 aliphatic rings. The second-order valence-corrected chi connectivity index (χ2v) is 9.63. The van der Waals surface area contributed by atoms with Crippen LogP contribution in [0.3, 0.4) is 0 Å². The van der Waals surface area contributed by atoms with Gasteiger partial charge in [0.1, 0.15) is 23.4 Å². The summed E-state index contributed by atoms with van der Waals surface area (Å²) < 4.78 is 20.3. The number of benzene rings is 2. The quantitative estimate of drug-likeness (QED) is 0.245. The number of anilines is 1. The lowest BCUT2D eigenvalue weighted by Crippen LogP contribution is -2.32. The van der Waals surface area contributed by atoms with Crippen molar-refractivity contribution >= 4 is 52.1 Å². The van der Waals surface area contributed by atoms with Crippen LogP contribution in [-0.4, -0.2) is 27.4 Å². The number of carbonyl (C=O) groups is 1. The monoisotopic (exact) mass is 554 g/mol. The lowest BCUT2D eigenvalue weighted by atomic mass is 10.0. The normalized spacial score (nSPS) is 17.1. The summed E-state index contributed by atoms with van der Waals surface area (Å²) >= 11 is 17.9. The van der Waals surface area contributed by atoms with Crippen molar-refractivity contribution in [1.82, 2.24) is 15.2 Å². The lowest BCUT2D eigenvalue weighted by Gasteiger charge is -2.25. The number of hydrogen-bond donors (Lipinski definition) is 2. The molecule has 0 spiro atoms. The molecule has 2 N–H and O–H groups in total. The minimum absolute atomic E-state index is 0.0853. The average molecular weight is 555 g/mol. The van der Waals surface area contributed by atoms with Gasteiger partial charge in [0, 0.05) is 24.7 Å². The fourth-order valence-corrected chi connectivity index (χ4v) is 4.90. The zero-order valence-corrected chi connectivity index (χ0v) is 21.7. The number of rotatable bonds is 7.